The number of hydrogen-bond donors (Lipinski definition) is 1. The highest BCUT2D eigenvalue weighted by atomic mass is 16.5. The Morgan fingerprint density at radius 1 is 1.04 bits per heavy atom. The van der Waals surface area contributed by atoms with E-state index in [0.717, 1.165) is 37.1 Å². The van der Waals surface area contributed by atoms with E-state index in [-0.39, 0.29) is 12.7 Å². The molecule has 0 unspecified atom stereocenters. The second-order valence-electron chi connectivity index (χ2n) is 6.43. The SMILES string of the molecule is CN1CCC[C@H](OCC(O)(c2ccccc2)c2ccccc2)C1. The number of likely N-dealkylation sites (tertiary alicyclic amines) is 1. The van der Waals surface area contributed by atoms with Crippen LogP contribution in [0, 0.1) is 0 Å². The number of piperidine rings is 1. The minimum Gasteiger partial charge on any atom is -0.378 e. The quantitative estimate of drug-likeness (QED) is 0.921. The van der Waals surface area contributed by atoms with Gasteiger partial charge in [0, 0.05) is 6.54 Å². The fourth-order valence-corrected chi connectivity index (χ4v) is 3.25. The summed E-state index contributed by atoms with van der Waals surface area (Å²) in [6.07, 6.45) is 2.40. The van der Waals surface area contributed by atoms with Crippen molar-refractivity contribution in [3.05, 3.63) is 71.8 Å². The van der Waals surface area contributed by atoms with Crippen molar-refractivity contribution in [2.75, 3.05) is 26.7 Å². The Kier molecular flexibility index (Phi) is 5.11. The summed E-state index contributed by atoms with van der Waals surface area (Å²) in [7, 11) is 2.12. The summed E-state index contributed by atoms with van der Waals surface area (Å²) in [5.41, 5.74) is 0.629. The molecular formula is C20H25NO2. The molecule has 3 nitrogen and oxygen atoms in total. The van der Waals surface area contributed by atoms with Gasteiger partial charge in [0.2, 0.25) is 0 Å². The van der Waals surface area contributed by atoms with Crippen molar-refractivity contribution < 1.29 is 9.84 Å². The molecule has 0 spiro atoms. The molecule has 1 heterocycles. The zero-order chi connectivity index (χ0) is 16.1. The average molecular weight is 311 g/mol. The Morgan fingerprint density at radius 2 is 1.61 bits per heavy atom. The molecule has 0 radical (unpaired) electrons. The van der Waals surface area contributed by atoms with E-state index in [9.17, 15) is 5.11 Å². The summed E-state index contributed by atoms with van der Waals surface area (Å²) in [6.45, 7) is 2.33. The first-order chi connectivity index (χ1) is 11.2. The zero-order valence-electron chi connectivity index (χ0n) is 13.7. The summed E-state index contributed by atoms with van der Waals surface area (Å²) in [6, 6.07) is 19.6. The van der Waals surface area contributed by atoms with E-state index >= 15 is 0 Å². The Hall–Kier alpha value is -1.68. The number of ether oxygens (including phenoxy) is 1. The van der Waals surface area contributed by atoms with Crippen LogP contribution in [0.3, 0.4) is 0 Å². The third kappa shape index (κ3) is 3.81. The monoisotopic (exact) mass is 311 g/mol. The molecule has 0 saturated carbocycles. The highest BCUT2D eigenvalue weighted by Crippen LogP contribution is 2.30. The smallest absolute Gasteiger partial charge is 0.138 e. The molecule has 1 atom stereocenters. The molecule has 23 heavy (non-hydrogen) atoms. The summed E-state index contributed by atoms with van der Waals surface area (Å²) in [4.78, 5) is 2.29. The molecule has 2 aromatic carbocycles. The summed E-state index contributed by atoms with van der Waals surface area (Å²) in [5, 5.41) is 11.4. The largest absolute Gasteiger partial charge is 0.378 e. The third-order valence-electron chi connectivity index (χ3n) is 4.61. The number of benzene rings is 2. The van der Waals surface area contributed by atoms with Crippen molar-refractivity contribution >= 4 is 0 Å². The lowest BCUT2D eigenvalue weighted by Gasteiger charge is -2.34. The van der Waals surface area contributed by atoms with Gasteiger partial charge in [-0.1, -0.05) is 60.7 Å². The van der Waals surface area contributed by atoms with Gasteiger partial charge in [-0.05, 0) is 37.6 Å². The van der Waals surface area contributed by atoms with Gasteiger partial charge in [-0.15, -0.1) is 0 Å². The molecule has 1 aliphatic heterocycles. The first-order valence-corrected chi connectivity index (χ1v) is 8.32. The van der Waals surface area contributed by atoms with Crippen LogP contribution in [0.2, 0.25) is 0 Å². The zero-order valence-corrected chi connectivity index (χ0v) is 13.7. The summed E-state index contributed by atoms with van der Waals surface area (Å²) in [5.74, 6) is 0. The molecule has 0 bridgehead atoms. The highest BCUT2D eigenvalue weighted by molar-refractivity contribution is 5.36. The standard InChI is InChI=1S/C20H25NO2/c1-21-14-8-13-19(15-21)23-16-20(22,17-9-4-2-5-10-17)18-11-6-3-7-12-18/h2-7,9-12,19,22H,8,13-16H2,1H3/t19-/m0/s1. The van der Waals surface area contributed by atoms with E-state index < -0.39 is 5.60 Å². The Balaban J connectivity index is 1.81. The van der Waals surface area contributed by atoms with Crippen LogP contribution in [-0.4, -0.2) is 42.9 Å². The van der Waals surface area contributed by atoms with Crippen LogP contribution in [0.25, 0.3) is 0 Å². The van der Waals surface area contributed by atoms with Gasteiger partial charge < -0.3 is 14.7 Å². The maximum absolute atomic E-state index is 11.4. The maximum atomic E-state index is 11.4. The van der Waals surface area contributed by atoms with E-state index in [1.165, 1.54) is 0 Å². The van der Waals surface area contributed by atoms with Crippen LogP contribution in [-0.2, 0) is 10.3 Å². The van der Waals surface area contributed by atoms with Gasteiger partial charge in [-0.25, -0.2) is 0 Å². The van der Waals surface area contributed by atoms with Gasteiger partial charge in [0.25, 0.3) is 0 Å². The van der Waals surface area contributed by atoms with Crippen LogP contribution in [0.5, 0.6) is 0 Å². The predicted octanol–water partition coefficient (Wildman–Crippen LogP) is 3.03. The van der Waals surface area contributed by atoms with E-state index in [0.29, 0.717) is 0 Å². The van der Waals surface area contributed by atoms with E-state index in [1.807, 2.05) is 60.7 Å². The summed E-state index contributed by atoms with van der Waals surface area (Å²) < 4.78 is 6.14. The number of rotatable bonds is 5. The first-order valence-electron chi connectivity index (χ1n) is 8.32. The topological polar surface area (TPSA) is 32.7 Å². The van der Waals surface area contributed by atoms with Gasteiger partial charge in [0.15, 0.2) is 0 Å². The van der Waals surface area contributed by atoms with Gasteiger partial charge in [-0.3, -0.25) is 0 Å². The molecule has 122 valence electrons. The average Bonchev–Trinajstić information content (AvgIpc) is 2.61. The molecule has 3 heteroatoms. The predicted molar refractivity (Wildman–Crippen MR) is 92.4 cm³/mol. The van der Waals surface area contributed by atoms with Crippen molar-refractivity contribution in [2.24, 2.45) is 0 Å². The highest BCUT2D eigenvalue weighted by Gasteiger charge is 2.33. The van der Waals surface area contributed by atoms with Crippen LogP contribution in [0.15, 0.2) is 60.7 Å². The molecule has 2 aromatic rings. The number of nitrogens with zero attached hydrogens (tertiary/aromatic N) is 1. The number of aliphatic hydroxyl groups is 1. The van der Waals surface area contributed by atoms with E-state index in [4.69, 9.17) is 4.74 Å². The molecule has 0 aliphatic carbocycles. The molecule has 1 saturated heterocycles. The first kappa shape index (κ1) is 16.2. The Labute approximate surface area is 138 Å². The molecular weight excluding hydrogens is 286 g/mol. The van der Waals surface area contributed by atoms with Gasteiger partial charge in [-0.2, -0.15) is 0 Å². The minimum absolute atomic E-state index is 0.188. The number of likely N-dealkylation sites (N-methyl/N-ethyl adjacent to an activating group) is 1. The fourth-order valence-electron chi connectivity index (χ4n) is 3.25. The Bertz CT molecular complexity index is 560. The van der Waals surface area contributed by atoms with Gasteiger partial charge in [0.05, 0.1) is 12.7 Å². The normalized spacial score (nSPS) is 19.7. The molecule has 3 rings (SSSR count). The van der Waals surface area contributed by atoms with Crippen LogP contribution in [0.1, 0.15) is 24.0 Å². The molecule has 1 N–H and O–H groups in total. The molecule has 1 fully saturated rings. The maximum Gasteiger partial charge on any atom is 0.138 e. The minimum atomic E-state index is -1.11. The van der Waals surface area contributed by atoms with Crippen LogP contribution in [0.4, 0.5) is 0 Å². The molecule has 0 aromatic heterocycles. The molecule has 0 amide bonds. The van der Waals surface area contributed by atoms with Gasteiger partial charge >= 0.3 is 0 Å². The Morgan fingerprint density at radius 3 is 2.13 bits per heavy atom. The van der Waals surface area contributed by atoms with E-state index in [1.54, 1.807) is 0 Å². The second-order valence-corrected chi connectivity index (χ2v) is 6.43. The van der Waals surface area contributed by atoms with Crippen LogP contribution >= 0.6 is 0 Å². The van der Waals surface area contributed by atoms with Crippen molar-refractivity contribution in [3.63, 3.8) is 0 Å². The third-order valence-corrected chi connectivity index (χ3v) is 4.61. The fraction of sp³-hybridized carbons (Fsp3) is 0.400. The van der Waals surface area contributed by atoms with Crippen molar-refractivity contribution in [1.29, 1.82) is 0 Å². The van der Waals surface area contributed by atoms with Crippen LogP contribution < -0.4 is 0 Å². The number of hydrogen-bond acceptors (Lipinski definition) is 3. The van der Waals surface area contributed by atoms with Crippen molar-refractivity contribution in [1.82, 2.24) is 4.90 Å². The van der Waals surface area contributed by atoms with E-state index in [2.05, 4.69) is 11.9 Å². The lowest BCUT2D eigenvalue weighted by molar-refractivity contribution is -0.0712. The van der Waals surface area contributed by atoms with Crippen molar-refractivity contribution in [3.8, 4) is 0 Å². The lowest BCUT2D eigenvalue weighted by atomic mass is 9.87. The summed E-state index contributed by atoms with van der Waals surface area (Å²) >= 11 is 0. The van der Waals surface area contributed by atoms with Crippen molar-refractivity contribution in [2.45, 2.75) is 24.5 Å². The second kappa shape index (κ2) is 7.26. The molecule has 1 aliphatic rings. The lowest BCUT2D eigenvalue weighted by Crippen LogP contribution is -2.41. The van der Waals surface area contributed by atoms with Gasteiger partial charge in [0.1, 0.15) is 5.60 Å².